The Balaban J connectivity index is 1.57. The molecule has 0 radical (unpaired) electrons. The maximum Gasteiger partial charge on any atom is 0.241 e. The predicted octanol–water partition coefficient (Wildman–Crippen LogP) is 1.80. The highest BCUT2D eigenvalue weighted by Crippen LogP contribution is 2.23. The van der Waals surface area contributed by atoms with E-state index in [1.165, 1.54) is 4.88 Å². The van der Waals surface area contributed by atoms with Crippen LogP contribution in [0, 0.1) is 0 Å². The average molecular weight is 314 g/mol. The van der Waals surface area contributed by atoms with Crippen LogP contribution in [0.4, 0.5) is 0 Å². The van der Waals surface area contributed by atoms with Crippen LogP contribution in [0.3, 0.4) is 0 Å². The lowest BCUT2D eigenvalue weighted by molar-refractivity contribution is -0.133. The number of rotatable bonds is 3. The van der Waals surface area contributed by atoms with Crippen molar-refractivity contribution < 1.29 is 4.79 Å². The highest BCUT2D eigenvalue weighted by atomic mass is 35.5. The zero-order valence-electron chi connectivity index (χ0n) is 11.5. The lowest BCUT2D eigenvalue weighted by atomic mass is 10.2. The van der Waals surface area contributed by atoms with Crippen LogP contribution in [0.5, 0.6) is 0 Å². The smallest absolute Gasteiger partial charge is 0.241 e. The van der Waals surface area contributed by atoms with Gasteiger partial charge in [0.05, 0.1) is 10.4 Å². The molecule has 0 aliphatic carbocycles. The van der Waals surface area contributed by atoms with Gasteiger partial charge in [-0.15, -0.1) is 11.3 Å². The summed E-state index contributed by atoms with van der Waals surface area (Å²) in [6.45, 7) is 5.41. The summed E-state index contributed by atoms with van der Waals surface area (Å²) in [7, 11) is 0. The Hall–Kier alpha value is -0.620. The molecule has 20 heavy (non-hydrogen) atoms. The van der Waals surface area contributed by atoms with E-state index in [1.54, 1.807) is 11.3 Å². The van der Waals surface area contributed by atoms with Gasteiger partial charge >= 0.3 is 0 Å². The number of amides is 1. The molecular weight excluding hydrogens is 294 g/mol. The van der Waals surface area contributed by atoms with Crippen molar-refractivity contribution in [2.24, 2.45) is 0 Å². The Morgan fingerprint density at radius 2 is 2.15 bits per heavy atom. The number of nitrogens with one attached hydrogen (secondary N) is 1. The third-order valence-electron chi connectivity index (χ3n) is 3.98. The molecule has 2 saturated heterocycles. The standard InChI is InChI=1S/C14H20ClN3OS/c15-13-4-3-11(20-13)9-17-8-5-16-12(10-17)14(19)18-6-1-2-7-18/h3-4,12,16H,1-2,5-10H2. The van der Waals surface area contributed by atoms with Gasteiger partial charge < -0.3 is 10.2 Å². The molecule has 2 aliphatic heterocycles. The van der Waals surface area contributed by atoms with Gasteiger partial charge in [0.2, 0.25) is 5.91 Å². The van der Waals surface area contributed by atoms with Crippen LogP contribution in [0.15, 0.2) is 12.1 Å². The van der Waals surface area contributed by atoms with E-state index < -0.39 is 0 Å². The van der Waals surface area contributed by atoms with Crippen molar-refractivity contribution in [1.29, 1.82) is 0 Å². The Bertz CT molecular complexity index is 473. The molecular formula is C14H20ClN3OS. The molecule has 110 valence electrons. The van der Waals surface area contributed by atoms with Crippen LogP contribution < -0.4 is 5.32 Å². The molecule has 3 heterocycles. The zero-order valence-corrected chi connectivity index (χ0v) is 13.1. The van der Waals surface area contributed by atoms with Gasteiger partial charge in [-0.1, -0.05) is 11.6 Å². The maximum atomic E-state index is 12.4. The Labute approximate surface area is 128 Å². The van der Waals surface area contributed by atoms with Crippen LogP contribution >= 0.6 is 22.9 Å². The lowest BCUT2D eigenvalue weighted by Crippen LogP contribution is -2.57. The van der Waals surface area contributed by atoms with E-state index >= 15 is 0 Å². The third kappa shape index (κ3) is 3.34. The summed E-state index contributed by atoms with van der Waals surface area (Å²) in [4.78, 5) is 18.0. The molecule has 0 saturated carbocycles. The van der Waals surface area contributed by atoms with Crippen molar-refractivity contribution in [2.45, 2.75) is 25.4 Å². The van der Waals surface area contributed by atoms with E-state index in [-0.39, 0.29) is 11.9 Å². The highest BCUT2D eigenvalue weighted by molar-refractivity contribution is 7.16. The molecule has 3 rings (SSSR count). The van der Waals surface area contributed by atoms with Crippen LogP contribution in [0.1, 0.15) is 17.7 Å². The molecule has 1 aromatic heterocycles. The number of hydrogen-bond acceptors (Lipinski definition) is 4. The quantitative estimate of drug-likeness (QED) is 0.924. The normalized spacial score (nSPS) is 24.2. The second kappa shape index (κ2) is 6.43. The summed E-state index contributed by atoms with van der Waals surface area (Å²) in [6, 6.07) is 3.97. The number of halogens is 1. The molecule has 1 aromatic rings. The summed E-state index contributed by atoms with van der Waals surface area (Å²) >= 11 is 7.59. The van der Waals surface area contributed by atoms with Gasteiger partial charge in [0.1, 0.15) is 0 Å². The third-order valence-corrected chi connectivity index (χ3v) is 5.20. The van der Waals surface area contributed by atoms with Gasteiger partial charge in [-0.3, -0.25) is 9.69 Å². The van der Waals surface area contributed by atoms with Crippen LogP contribution in [0.2, 0.25) is 4.34 Å². The Morgan fingerprint density at radius 3 is 2.85 bits per heavy atom. The van der Waals surface area contributed by atoms with E-state index in [0.717, 1.165) is 56.4 Å². The fourth-order valence-electron chi connectivity index (χ4n) is 2.93. The van der Waals surface area contributed by atoms with Gasteiger partial charge in [-0.25, -0.2) is 0 Å². The minimum absolute atomic E-state index is 0.0442. The van der Waals surface area contributed by atoms with Crippen LogP contribution in [-0.2, 0) is 11.3 Å². The highest BCUT2D eigenvalue weighted by Gasteiger charge is 2.30. The topological polar surface area (TPSA) is 35.6 Å². The monoisotopic (exact) mass is 313 g/mol. The first-order valence-electron chi connectivity index (χ1n) is 7.21. The van der Waals surface area contributed by atoms with Gasteiger partial charge in [0.25, 0.3) is 0 Å². The Kier molecular flexibility index (Phi) is 4.61. The van der Waals surface area contributed by atoms with E-state index in [1.807, 2.05) is 11.0 Å². The predicted molar refractivity (Wildman–Crippen MR) is 82.2 cm³/mol. The zero-order chi connectivity index (χ0) is 13.9. The second-order valence-electron chi connectivity index (χ2n) is 5.48. The average Bonchev–Trinajstić information content (AvgIpc) is 3.10. The molecule has 4 nitrogen and oxygen atoms in total. The first-order chi connectivity index (χ1) is 9.72. The van der Waals surface area contributed by atoms with E-state index in [2.05, 4.69) is 16.3 Å². The molecule has 0 aromatic carbocycles. The molecule has 0 spiro atoms. The van der Waals surface area contributed by atoms with Gasteiger partial charge in [0.15, 0.2) is 0 Å². The van der Waals surface area contributed by atoms with Crippen LogP contribution in [0.25, 0.3) is 0 Å². The Morgan fingerprint density at radius 1 is 1.35 bits per heavy atom. The second-order valence-corrected chi connectivity index (χ2v) is 7.28. The molecule has 1 unspecified atom stereocenters. The molecule has 1 N–H and O–H groups in total. The minimum atomic E-state index is -0.0442. The molecule has 1 amide bonds. The van der Waals surface area contributed by atoms with E-state index in [4.69, 9.17) is 11.6 Å². The summed E-state index contributed by atoms with van der Waals surface area (Å²) < 4.78 is 0.833. The number of hydrogen-bond donors (Lipinski definition) is 1. The maximum absolute atomic E-state index is 12.4. The molecule has 1 atom stereocenters. The summed E-state index contributed by atoms with van der Waals surface area (Å²) in [5.74, 6) is 0.274. The van der Waals surface area contributed by atoms with Crippen molar-refractivity contribution >= 4 is 28.8 Å². The largest absolute Gasteiger partial charge is 0.341 e. The number of carbonyl (C=O) groups excluding carboxylic acids is 1. The summed E-state index contributed by atoms with van der Waals surface area (Å²) in [5, 5.41) is 3.36. The number of carbonyl (C=O) groups is 1. The minimum Gasteiger partial charge on any atom is -0.341 e. The molecule has 2 fully saturated rings. The van der Waals surface area contributed by atoms with Crippen molar-refractivity contribution in [1.82, 2.24) is 15.1 Å². The SMILES string of the molecule is O=C(C1CN(Cc2ccc(Cl)s2)CCN1)N1CCCC1. The van der Waals surface area contributed by atoms with Crippen molar-refractivity contribution in [3.8, 4) is 0 Å². The first-order valence-corrected chi connectivity index (χ1v) is 8.40. The number of thiophene rings is 1. The first kappa shape index (κ1) is 14.3. The van der Waals surface area contributed by atoms with Crippen molar-refractivity contribution in [3.05, 3.63) is 21.3 Å². The van der Waals surface area contributed by atoms with Crippen molar-refractivity contribution in [3.63, 3.8) is 0 Å². The van der Waals surface area contributed by atoms with Crippen molar-refractivity contribution in [2.75, 3.05) is 32.7 Å². The van der Waals surface area contributed by atoms with Crippen LogP contribution in [-0.4, -0.2) is 54.5 Å². The van der Waals surface area contributed by atoms with E-state index in [0.29, 0.717) is 0 Å². The fraction of sp³-hybridized carbons (Fsp3) is 0.643. The summed E-state index contributed by atoms with van der Waals surface area (Å²) in [6.07, 6.45) is 2.30. The van der Waals surface area contributed by atoms with Gasteiger partial charge in [-0.2, -0.15) is 0 Å². The number of likely N-dealkylation sites (tertiary alicyclic amines) is 1. The molecule has 6 heteroatoms. The number of piperazine rings is 1. The molecule has 2 aliphatic rings. The fourth-order valence-corrected chi connectivity index (χ4v) is 4.07. The number of nitrogens with zero attached hydrogens (tertiary/aromatic N) is 2. The van der Waals surface area contributed by atoms with Gasteiger partial charge in [-0.05, 0) is 25.0 Å². The summed E-state index contributed by atoms with van der Waals surface area (Å²) in [5.41, 5.74) is 0. The van der Waals surface area contributed by atoms with Gasteiger partial charge in [0, 0.05) is 44.1 Å². The van der Waals surface area contributed by atoms with E-state index in [9.17, 15) is 4.79 Å². The molecule has 0 bridgehead atoms. The lowest BCUT2D eigenvalue weighted by Gasteiger charge is -2.34.